The van der Waals surface area contributed by atoms with E-state index in [1.165, 1.54) is 5.56 Å². The number of hydrogen-bond acceptors (Lipinski definition) is 3. The van der Waals surface area contributed by atoms with Crippen molar-refractivity contribution >= 4 is 18.4 Å². The molecular formula is C20H24ClNO2. The molecule has 0 amide bonds. The largest absolute Gasteiger partial charge is 0.450 e. The Morgan fingerprint density at radius 3 is 2.50 bits per heavy atom. The van der Waals surface area contributed by atoms with Crippen LogP contribution in [0.3, 0.4) is 0 Å². The van der Waals surface area contributed by atoms with Gasteiger partial charge in [0, 0.05) is 19.4 Å². The zero-order chi connectivity index (χ0) is 16.4. The number of rotatable bonds is 4. The Balaban J connectivity index is 0.00000208. The number of esters is 1. The van der Waals surface area contributed by atoms with Crippen LogP contribution >= 0.6 is 12.4 Å². The average molecular weight is 346 g/mol. The van der Waals surface area contributed by atoms with E-state index in [4.69, 9.17) is 4.74 Å². The lowest BCUT2D eigenvalue weighted by Crippen LogP contribution is -2.41. The number of aryl methyl sites for hydroxylation is 1. The smallest absolute Gasteiger partial charge is 0.339 e. The number of carbonyl (C=O) groups excluding carboxylic acids is 1. The molecule has 0 fully saturated rings. The predicted molar refractivity (Wildman–Crippen MR) is 98.8 cm³/mol. The second kappa shape index (κ2) is 7.37. The van der Waals surface area contributed by atoms with Crippen molar-refractivity contribution in [3.8, 4) is 0 Å². The summed E-state index contributed by atoms with van der Waals surface area (Å²) in [5.74, 6) is -0.214. The Kier molecular flexibility index (Phi) is 5.68. The molecule has 24 heavy (non-hydrogen) atoms. The van der Waals surface area contributed by atoms with Crippen molar-refractivity contribution in [2.24, 2.45) is 0 Å². The third kappa shape index (κ3) is 3.63. The van der Waals surface area contributed by atoms with Gasteiger partial charge in [0.05, 0.1) is 5.56 Å². The summed E-state index contributed by atoms with van der Waals surface area (Å²) >= 11 is 0. The number of cyclic esters (lactones) is 1. The second-order valence-electron chi connectivity index (χ2n) is 6.64. The second-order valence-corrected chi connectivity index (χ2v) is 6.64. The van der Waals surface area contributed by atoms with Crippen molar-refractivity contribution in [1.82, 2.24) is 4.90 Å². The number of carbonyl (C=O) groups is 1. The molecule has 3 rings (SSSR count). The van der Waals surface area contributed by atoms with Gasteiger partial charge in [-0.15, -0.1) is 12.4 Å². The van der Waals surface area contributed by atoms with Gasteiger partial charge in [-0.25, -0.2) is 4.79 Å². The lowest BCUT2D eigenvalue weighted by atomic mass is 9.80. The molecule has 1 atom stereocenters. The summed E-state index contributed by atoms with van der Waals surface area (Å²) in [7, 11) is 4.09. The molecule has 0 aromatic heterocycles. The molecule has 2 aromatic carbocycles. The molecular weight excluding hydrogens is 322 g/mol. The van der Waals surface area contributed by atoms with Crippen LogP contribution in [0.5, 0.6) is 0 Å². The first-order valence-electron chi connectivity index (χ1n) is 8.03. The molecule has 0 spiro atoms. The minimum absolute atomic E-state index is 0. The minimum Gasteiger partial charge on any atom is -0.450 e. The van der Waals surface area contributed by atoms with Crippen molar-refractivity contribution in [2.45, 2.75) is 25.4 Å². The maximum Gasteiger partial charge on any atom is 0.339 e. The number of halogens is 1. The number of benzene rings is 2. The molecule has 0 bridgehead atoms. The lowest BCUT2D eigenvalue weighted by molar-refractivity contribution is -0.0355. The first-order valence-corrected chi connectivity index (χ1v) is 8.03. The third-order valence-electron chi connectivity index (χ3n) is 4.51. The Bertz CT molecular complexity index is 715. The van der Waals surface area contributed by atoms with Gasteiger partial charge >= 0.3 is 5.97 Å². The molecule has 1 heterocycles. The van der Waals surface area contributed by atoms with Gasteiger partial charge < -0.3 is 9.64 Å². The maximum absolute atomic E-state index is 12.6. The zero-order valence-electron chi connectivity index (χ0n) is 14.4. The first-order chi connectivity index (χ1) is 11.0. The fraction of sp³-hybridized carbons (Fsp3) is 0.350. The number of hydrogen-bond donors (Lipinski definition) is 0. The average Bonchev–Trinajstić information content (AvgIpc) is 2.53. The number of fused-ring (bicyclic) bond motifs is 1. The molecule has 4 heteroatoms. The molecule has 0 aliphatic carbocycles. The zero-order valence-corrected chi connectivity index (χ0v) is 15.2. The molecule has 0 N–H and O–H groups in total. The van der Waals surface area contributed by atoms with E-state index in [1.807, 2.05) is 44.4 Å². The van der Waals surface area contributed by atoms with Gasteiger partial charge in [-0.2, -0.15) is 0 Å². The number of ether oxygens (including phenoxy) is 1. The van der Waals surface area contributed by atoms with Crippen molar-refractivity contribution < 1.29 is 9.53 Å². The summed E-state index contributed by atoms with van der Waals surface area (Å²) in [4.78, 5) is 14.7. The summed E-state index contributed by atoms with van der Waals surface area (Å²) in [6.45, 7) is 2.92. The maximum atomic E-state index is 12.6. The molecule has 0 radical (unpaired) electrons. The van der Waals surface area contributed by atoms with Crippen molar-refractivity contribution in [3.05, 3.63) is 70.8 Å². The molecule has 3 nitrogen and oxygen atoms in total. The van der Waals surface area contributed by atoms with Crippen LogP contribution in [0.4, 0.5) is 0 Å². The highest BCUT2D eigenvalue weighted by molar-refractivity contribution is 5.92. The van der Waals surface area contributed by atoms with Crippen LogP contribution in [0, 0.1) is 6.92 Å². The van der Waals surface area contributed by atoms with Crippen molar-refractivity contribution in [3.63, 3.8) is 0 Å². The van der Waals surface area contributed by atoms with Gasteiger partial charge in [-0.3, -0.25) is 0 Å². The monoisotopic (exact) mass is 345 g/mol. The summed E-state index contributed by atoms with van der Waals surface area (Å²) in [5, 5.41) is 0. The Morgan fingerprint density at radius 1 is 1.12 bits per heavy atom. The van der Waals surface area contributed by atoms with E-state index in [0.717, 1.165) is 30.5 Å². The Labute approximate surface area is 150 Å². The predicted octanol–water partition coefficient (Wildman–Crippen LogP) is 3.98. The van der Waals surface area contributed by atoms with Crippen LogP contribution < -0.4 is 0 Å². The molecule has 1 unspecified atom stereocenters. The van der Waals surface area contributed by atoms with Gasteiger partial charge in [-0.05, 0) is 38.2 Å². The van der Waals surface area contributed by atoms with Gasteiger partial charge in [0.15, 0.2) is 0 Å². The SMILES string of the molecule is Cc1ccc2c(c1)CC(CCN(C)C)(c1ccccc1)OC2=O.Cl. The fourth-order valence-corrected chi connectivity index (χ4v) is 3.23. The van der Waals surface area contributed by atoms with Crippen LogP contribution in [0.15, 0.2) is 48.5 Å². The highest BCUT2D eigenvalue weighted by atomic mass is 35.5. The lowest BCUT2D eigenvalue weighted by Gasteiger charge is -2.39. The van der Waals surface area contributed by atoms with Gasteiger partial charge in [0.2, 0.25) is 0 Å². The molecule has 1 aliphatic heterocycles. The molecule has 0 saturated heterocycles. The van der Waals surface area contributed by atoms with E-state index >= 15 is 0 Å². The summed E-state index contributed by atoms with van der Waals surface area (Å²) in [5.41, 5.74) is 3.45. The van der Waals surface area contributed by atoms with E-state index in [9.17, 15) is 4.79 Å². The van der Waals surface area contributed by atoms with E-state index in [2.05, 4.69) is 30.0 Å². The van der Waals surface area contributed by atoms with E-state index < -0.39 is 5.60 Å². The molecule has 1 aliphatic rings. The van der Waals surface area contributed by atoms with Crippen molar-refractivity contribution in [2.75, 3.05) is 20.6 Å². The van der Waals surface area contributed by atoms with Gasteiger partial charge in [0.1, 0.15) is 5.60 Å². The highest BCUT2D eigenvalue weighted by Crippen LogP contribution is 2.39. The van der Waals surface area contributed by atoms with Crippen LogP contribution in [-0.2, 0) is 16.8 Å². The van der Waals surface area contributed by atoms with E-state index in [0.29, 0.717) is 5.56 Å². The van der Waals surface area contributed by atoms with Crippen LogP contribution in [0.25, 0.3) is 0 Å². The van der Waals surface area contributed by atoms with E-state index in [-0.39, 0.29) is 18.4 Å². The topological polar surface area (TPSA) is 29.5 Å². The normalized spacial score (nSPS) is 19.4. The van der Waals surface area contributed by atoms with E-state index in [1.54, 1.807) is 0 Å². The van der Waals surface area contributed by atoms with Crippen LogP contribution in [0.2, 0.25) is 0 Å². The third-order valence-corrected chi connectivity index (χ3v) is 4.51. The fourth-order valence-electron chi connectivity index (χ4n) is 3.23. The summed E-state index contributed by atoms with van der Waals surface area (Å²) in [6, 6.07) is 16.1. The quantitative estimate of drug-likeness (QED) is 0.785. The van der Waals surface area contributed by atoms with Gasteiger partial charge in [0.25, 0.3) is 0 Å². The minimum atomic E-state index is -0.580. The van der Waals surface area contributed by atoms with Crippen molar-refractivity contribution in [1.29, 1.82) is 0 Å². The summed E-state index contributed by atoms with van der Waals surface area (Å²) in [6.07, 6.45) is 1.51. The molecule has 0 saturated carbocycles. The highest BCUT2D eigenvalue weighted by Gasteiger charge is 2.41. The van der Waals surface area contributed by atoms with Crippen LogP contribution in [-0.4, -0.2) is 31.5 Å². The molecule has 2 aromatic rings. The Morgan fingerprint density at radius 2 is 1.83 bits per heavy atom. The van der Waals surface area contributed by atoms with Crippen LogP contribution in [0.1, 0.15) is 33.5 Å². The standard InChI is InChI=1S/C20H23NO2.ClH/c1-15-9-10-18-16(13-15)14-20(23-19(18)22,11-12-21(2)3)17-7-5-4-6-8-17;/h4-10,13H,11-12,14H2,1-3H3;1H. The van der Waals surface area contributed by atoms with Gasteiger partial charge in [-0.1, -0.05) is 48.0 Å². The summed E-state index contributed by atoms with van der Waals surface area (Å²) < 4.78 is 6.01. The Hall–Kier alpha value is -1.84. The first kappa shape index (κ1) is 18.5. The number of nitrogens with zero attached hydrogens (tertiary/aromatic N) is 1. The molecule has 128 valence electrons.